The van der Waals surface area contributed by atoms with E-state index in [1.807, 2.05) is 6.07 Å². The van der Waals surface area contributed by atoms with Crippen molar-refractivity contribution in [3.05, 3.63) is 59.7 Å². The minimum atomic E-state index is -3.84. The molecule has 2 fully saturated rings. The molecule has 0 bridgehead atoms. The number of anilines is 1. The number of hydrogen-bond acceptors (Lipinski definition) is 6. The second-order valence-corrected chi connectivity index (χ2v) is 9.38. The average molecular weight is 452 g/mol. The van der Waals surface area contributed by atoms with Crippen LogP contribution in [-0.2, 0) is 19.6 Å². The first-order valence-electron chi connectivity index (χ1n) is 10.1. The van der Waals surface area contributed by atoms with Crippen molar-refractivity contribution in [2.24, 2.45) is 0 Å². The van der Waals surface area contributed by atoms with Crippen LogP contribution in [0.25, 0.3) is 0 Å². The number of imide groups is 1. The number of carbonyl (C=O) groups excluding carboxylic acids is 3. The van der Waals surface area contributed by atoms with Gasteiger partial charge in [-0.15, -0.1) is 0 Å². The maximum atomic E-state index is 12.9. The van der Waals surface area contributed by atoms with Gasteiger partial charge in [0, 0.05) is 44.6 Å². The van der Waals surface area contributed by atoms with E-state index in [2.05, 4.69) is 0 Å². The summed E-state index contributed by atoms with van der Waals surface area (Å²) >= 11 is 0. The second kappa shape index (κ2) is 8.53. The molecule has 2 saturated heterocycles. The monoisotopic (exact) mass is 452 g/mol. The number of piperazine rings is 1. The van der Waals surface area contributed by atoms with Crippen LogP contribution in [0.2, 0.25) is 0 Å². The van der Waals surface area contributed by atoms with Gasteiger partial charge in [0.1, 0.15) is 6.07 Å². The van der Waals surface area contributed by atoms with Crippen LogP contribution in [0.3, 0.4) is 0 Å². The molecule has 4 rings (SSSR count). The van der Waals surface area contributed by atoms with Gasteiger partial charge < -0.3 is 4.90 Å². The zero-order valence-electron chi connectivity index (χ0n) is 17.1. The highest BCUT2D eigenvalue weighted by Gasteiger charge is 2.33. The lowest BCUT2D eigenvalue weighted by atomic mass is 10.1. The molecule has 2 aromatic carbocycles. The maximum absolute atomic E-state index is 12.9. The maximum Gasteiger partial charge on any atom is 0.253 e. The summed E-state index contributed by atoms with van der Waals surface area (Å²) in [5.41, 5.74) is 0.904. The lowest BCUT2D eigenvalue weighted by Crippen LogP contribution is -2.50. The SMILES string of the molecule is N#Cc1ccccc1S(=O)(=O)N1CCN(C(=O)c2ccc(N3C(=O)CCC3=O)cc2)CC1. The number of nitriles is 1. The highest BCUT2D eigenvalue weighted by molar-refractivity contribution is 7.89. The number of nitrogens with zero attached hydrogens (tertiary/aromatic N) is 4. The van der Waals surface area contributed by atoms with Crippen LogP contribution in [-0.4, -0.2) is 61.5 Å². The summed E-state index contributed by atoms with van der Waals surface area (Å²) in [6.07, 6.45) is 0.372. The minimum absolute atomic E-state index is 0.0381. The predicted molar refractivity (Wildman–Crippen MR) is 114 cm³/mol. The van der Waals surface area contributed by atoms with Crippen molar-refractivity contribution in [3.8, 4) is 6.07 Å². The molecule has 9 nitrogen and oxygen atoms in total. The fourth-order valence-corrected chi connectivity index (χ4v) is 5.42. The first kappa shape index (κ1) is 21.7. The van der Waals surface area contributed by atoms with Gasteiger partial charge in [0.2, 0.25) is 21.8 Å². The van der Waals surface area contributed by atoms with Gasteiger partial charge in [-0.1, -0.05) is 12.1 Å². The van der Waals surface area contributed by atoms with E-state index in [1.54, 1.807) is 41.3 Å². The Bertz CT molecular complexity index is 1210. The molecule has 0 saturated carbocycles. The molecule has 10 heteroatoms. The molecule has 0 N–H and O–H groups in total. The highest BCUT2D eigenvalue weighted by atomic mass is 32.2. The second-order valence-electron chi connectivity index (χ2n) is 7.47. The molecular weight excluding hydrogens is 432 g/mol. The summed E-state index contributed by atoms with van der Waals surface area (Å²) < 4.78 is 27.2. The summed E-state index contributed by atoms with van der Waals surface area (Å²) in [4.78, 5) is 39.2. The Hall–Kier alpha value is -3.55. The van der Waals surface area contributed by atoms with E-state index in [-0.39, 0.29) is 67.2 Å². The molecule has 2 aromatic rings. The number of benzene rings is 2. The first-order valence-corrected chi connectivity index (χ1v) is 11.5. The quantitative estimate of drug-likeness (QED) is 0.646. The van der Waals surface area contributed by atoms with E-state index in [0.29, 0.717) is 11.3 Å². The number of rotatable bonds is 4. The molecule has 0 atom stereocenters. The third-order valence-corrected chi connectivity index (χ3v) is 7.53. The van der Waals surface area contributed by atoms with Crippen molar-refractivity contribution < 1.29 is 22.8 Å². The normalized spacial score (nSPS) is 17.5. The Morgan fingerprint density at radius 1 is 0.875 bits per heavy atom. The summed E-state index contributed by atoms with van der Waals surface area (Å²) in [5, 5.41) is 9.21. The van der Waals surface area contributed by atoms with E-state index in [0.717, 1.165) is 4.90 Å². The molecule has 2 aliphatic rings. The van der Waals surface area contributed by atoms with Crippen LogP contribution in [0.15, 0.2) is 53.4 Å². The van der Waals surface area contributed by atoms with E-state index < -0.39 is 10.0 Å². The molecule has 0 radical (unpaired) electrons. The van der Waals surface area contributed by atoms with Crippen LogP contribution in [0.5, 0.6) is 0 Å². The summed E-state index contributed by atoms with van der Waals surface area (Å²) in [5.74, 6) is -0.779. The molecule has 32 heavy (non-hydrogen) atoms. The molecule has 164 valence electrons. The lowest BCUT2D eigenvalue weighted by molar-refractivity contribution is -0.121. The van der Waals surface area contributed by atoms with Gasteiger partial charge >= 0.3 is 0 Å². The van der Waals surface area contributed by atoms with Crippen molar-refractivity contribution in [3.63, 3.8) is 0 Å². The van der Waals surface area contributed by atoms with E-state index in [1.165, 1.54) is 16.4 Å². The van der Waals surface area contributed by atoms with Crippen LogP contribution < -0.4 is 4.90 Å². The smallest absolute Gasteiger partial charge is 0.253 e. The lowest BCUT2D eigenvalue weighted by Gasteiger charge is -2.34. The molecule has 2 heterocycles. The minimum Gasteiger partial charge on any atom is -0.336 e. The summed E-state index contributed by atoms with van der Waals surface area (Å²) in [7, 11) is -3.84. The van der Waals surface area contributed by atoms with Crippen LogP contribution >= 0.6 is 0 Å². The number of carbonyl (C=O) groups is 3. The van der Waals surface area contributed by atoms with Crippen molar-refractivity contribution in [2.45, 2.75) is 17.7 Å². The Morgan fingerprint density at radius 2 is 1.47 bits per heavy atom. The number of hydrogen-bond donors (Lipinski definition) is 0. The zero-order chi connectivity index (χ0) is 22.9. The third kappa shape index (κ3) is 3.88. The molecule has 0 aromatic heterocycles. The topological polar surface area (TPSA) is 119 Å². The average Bonchev–Trinajstić information content (AvgIpc) is 3.16. The standard InChI is InChI=1S/C22H20N4O5S/c23-15-17-3-1-2-4-19(17)32(30,31)25-13-11-24(12-14-25)22(29)16-5-7-18(8-6-16)26-20(27)9-10-21(26)28/h1-8H,9-14H2. The van der Waals surface area contributed by atoms with Crippen molar-refractivity contribution in [1.82, 2.24) is 9.21 Å². The van der Waals surface area contributed by atoms with Gasteiger partial charge in [0.15, 0.2) is 0 Å². The van der Waals surface area contributed by atoms with Crippen LogP contribution in [0, 0.1) is 11.3 Å². The molecule has 0 aliphatic carbocycles. The number of amides is 3. The summed E-state index contributed by atoms with van der Waals surface area (Å²) in [6.45, 7) is 0.640. The van der Waals surface area contributed by atoms with Crippen molar-refractivity contribution in [2.75, 3.05) is 31.1 Å². The molecule has 0 unspecified atom stereocenters. The Balaban J connectivity index is 1.43. The first-order chi connectivity index (χ1) is 15.3. The highest BCUT2D eigenvalue weighted by Crippen LogP contribution is 2.24. The van der Waals surface area contributed by atoms with Crippen molar-refractivity contribution >= 4 is 33.4 Å². The van der Waals surface area contributed by atoms with Crippen molar-refractivity contribution in [1.29, 1.82) is 5.26 Å². The Kier molecular flexibility index (Phi) is 5.78. The largest absolute Gasteiger partial charge is 0.336 e. The van der Waals surface area contributed by atoms with Crippen LogP contribution in [0.4, 0.5) is 5.69 Å². The third-order valence-electron chi connectivity index (χ3n) is 5.58. The van der Waals surface area contributed by atoms with Gasteiger partial charge in [-0.2, -0.15) is 9.57 Å². The molecule has 0 spiro atoms. The van der Waals surface area contributed by atoms with E-state index >= 15 is 0 Å². The van der Waals surface area contributed by atoms with Gasteiger partial charge in [-0.3, -0.25) is 19.3 Å². The molecule has 2 aliphatic heterocycles. The molecule has 3 amide bonds. The molecular formula is C22H20N4O5S. The Labute approximate surface area is 185 Å². The zero-order valence-corrected chi connectivity index (χ0v) is 17.9. The van der Waals surface area contributed by atoms with E-state index in [9.17, 15) is 28.1 Å². The number of sulfonamides is 1. The fourth-order valence-electron chi connectivity index (χ4n) is 3.85. The van der Waals surface area contributed by atoms with Gasteiger partial charge in [-0.25, -0.2) is 8.42 Å². The van der Waals surface area contributed by atoms with Gasteiger partial charge in [0.05, 0.1) is 16.1 Å². The fraction of sp³-hybridized carbons (Fsp3) is 0.273. The predicted octanol–water partition coefficient (Wildman–Crippen LogP) is 1.36. The Morgan fingerprint density at radius 3 is 2.06 bits per heavy atom. The van der Waals surface area contributed by atoms with E-state index in [4.69, 9.17) is 0 Å². The summed E-state index contributed by atoms with van der Waals surface area (Å²) in [6, 6.07) is 14.2. The van der Waals surface area contributed by atoms with Crippen LogP contribution in [0.1, 0.15) is 28.8 Å². The van der Waals surface area contributed by atoms with Gasteiger partial charge in [0.25, 0.3) is 5.91 Å². The van der Waals surface area contributed by atoms with Gasteiger partial charge in [-0.05, 0) is 36.4 Å².